The number of halogens is 1. The number of hydrogen-bond acceptors (Lipinski definition) is 3. The summed E-state index contributed by atoms with van der Waals surface area (Å²) in [7, 11) is 0. The normalized spacial score (nSPS) is 10.5. The average molecular weight is 275 g/mol. The van der Waals surface area contributed by atoms with Crippen LogP contribution in [0.3, 0.4) is 0 Å². The van der Waals surface area contributed by atoms with Crippen LogP contribution in [0.4, 0.5) is 4.39 Å². The lowest BCUT2D eigenvalue weighted by atomic mass is 10.2. The van der Waals surface area contributed by atoms with Gasteiger partial charge in [-0.1, -0.05) is 11.8 Å². The van der Waals surface area contributed by atoms with Crippen LogP contribution < -0.4 is 5.73 Å². The summed E-state index contributed by atoms with van der Waals surface area (Å²) >= 11 is 1.38. The van der Waals surface area contributed by atoms with E-state index in [1.54, 1.807) is 6.07 Å². The van der Waals surface area contributed by atoms with Gasteiger partial charge in [-0.2, -0.15) is 0 Å². The van der Waals surface area contributed by atoms with Crippen molar-refractivity contribution in [2.75, 3.05) is 0 Å². The van der Waals surface area contributed by atoms with Crippen LogP contribution in [0.1, 0.15) is 16.8 Å². The number of benzene rings is 1. The lowest BCUT2D eigenvalue weighted by Gasteiger charge is -2.08. The molecule has 0 aliphatic rings. The molecule has 3 N–H and O–H groups in total. The Balaban J connectivity index is 2.40. The van der Waals surface area contributed by atoms with Crippen LogP contribution in [0.15, 0.2) is 40.3 Å². The highest BCUT2D eigenvalue weighted by Crippen LogP contribution is 2.30. The SMILES string of the molecule is Cc1cc(C)nc(Sc2ccc(F)cc2C(=N)N)c1. The van der Waals surface area contributed by atoms with Gasteiger partial charge in [0, 0.05) is 16.2 Å². The highest BCUT2D eigenvalue weighted by atomic mass is 32.2. The summed E-state index contributed by atoms with van der Waals surface area (Å²) < 4.78 is 13.2. The number of aryl methyl sites for hydroxylation is 2. The van der Waals surface area contributed by atoms with Crippen molar-refractivity contribution in [2.24, 2.45) is 5.73 Å². The summed E-state index contributed by atoms with van der Waals surface area (Å²) in [5.74, 6) is -0.547. The fraction of sp³-hybridized carbons (Fsp3) is 0.143. The van der Waals surface area contributed by atoms with Crippen LogP contribution >= 0.6 is 11.8 Å². The first-order valence-corrected chi connectivity index (χ1v) is 6.54. The number of nitrogens with one attached hydrogen (secondary N) is 1. The third-order valence-electron chi connectivity index (χ3n) is 2.52. The van der Waals surface area contributed by atoms with E-state index in [1.807, 2.05) is 26.0 Å². The van der Waals surface area contributed by atoms with Crippen molar-refractivity contribution >= 4 is 17.6 Å². The fourth-order valence-corrected chi connectivity index (χ4v) is 2.85. The molecule has 98 valence electrons. The number of nitrogens with two attached hydrogens (primary N) is 1. The molecular formula is C14H14FN3S. The Kier molecular flexibility index (Phi) is 3.85. The van der Waals surface area contributed by atoms with Gasteiger partial charge in [-0.25, -0.2) is 9.37 Å². The molecule has 2 rings (SSSR count). The molecule has 1 aromatic heterocycles. The minimum atomic E-state index is -0.400. The van der Waals surface area contributed by atoms with Gasteiger partial charge < -0.3 is 5.73 Å². The third-order valence-corrected chi connectivity index (χ3v) is 3.51. The van der Waals surface area contributed by atoms with Crippen molar-refractivity contribution < 1.29 is 4.39 Å². The van der Waals surface area contributed by atoms with Gasteiger partial charge >= 0.3 is 0 Å². The number of aromatic nitrogens is 1. The molecule has 0 unspecified atom stereocenters. The van der Waals surface area contributed by atoms with Crippen LogP contribution in [-0.2, 0) is 0 Å². The Bertz CT molecular complexity index is 620. The Hall–Kier alpha value is -1.88. The largest absolute Gasteiger partial charge is 0.384 e. The highest BCUT2D eigenvalue weighted by Gasteiger charge is 2.10. The molecule has 0 spiro atoms. The molecule has 0 saturated heterocycles. The molecule has 2 aromatic rings. The summed E-state index contributed by atoms with van der Waals surface area (Å²) in [5.41, 5.74) is 7.91. The average Bonchev–Trinajstić information content (AvgIpc) is 2.30. The maximum Gasteiger partial charge on any atom is 0.124 e. The molecule has 0 aliphatic heterocycles. The topological polar surface area (TPSA) is 62.8 Å². The summed E-state index contributed by atoms with van der Waals surface area (Å²) in [6.45, 7) is 3.92. The van der Waals surface area contributed by atoms with Crippen molar-refractivity contribution in [3.63, 3.8) is 0 Å². The molecular weight excluding hydrogens is 261 g/mol. The lowest BCUT2D eigenvalue weighted by molar-refractivity contribution is 0.626. The van der Waals surface area contributed by atoms with Gasteiger partial charge in [0.05, 0.1) is 0 Å². The van der Waals surface area contributed by atoms with E-state index in [1.165, 1.54) is 23.9 Å². The van der Waals surface area contributed by atoms with Gasteiger partial charge in [0.1, 0.15) is 16.7 Å². The first-order valence-electron chi connectivity index (χ1n) is 5.73. The second-order valence-electron chi connectivity index (χ2n) is 4.28. The molecule has 0 saturated carbocycles. The number of rotatable bonds is 3. The zero-order chi connectivity index (χ0) is 14.0. The number of amidine groups is 1. The predicted octanol–water partition coefficient (Wildman–Crippen LogP) is 3.27. The number of hydrogen-bond donors (Lipinski definition) is 2. The summed E-state index contributed by atoms with van der Waals surface area (Å²) in [6, 6.07) is 8.19. The van der Waals surface area contributed by atoms with Crippen LogP contribution in [-0.4, -0.2) is 10.8 Å². The van der Waals surface area contributed by atoms with Gasteiger partial charge in [-0.3, -0.25) is 5.41 Å². The molecule has 1 heterocycles. The highest BCUT2D eigenvalue weighted by molar-refractivity contribution is 7.99. The van der Waals surface area contributed by atoms with Gasteiger partial charge in [-0.15, -0.1) is 0 Å². The summed E-state index contributed by atoms with van der Waals surface area (Å²) in [4.78, 5) is 5.14. The number of nitrogen functional groups attached to an aromatic ring is 1. The van der Waals surface area contributed by atoms with Crippen LogP contribution in [0, 0.1) is 25.1 Å². The molecule has 0 radical (unpaired) electrons. The number of pyridine rings is 1. The standard InChI is InChI=1S/C14H14FN3S/c1-8-5-9(2)18-13(6-8)19-12-4-3-10(15)7-11(12)14(16)17/h3-7H,1-2H3,(H3,16,17). The quantitative estimate of drug-likeness (QED) is 0.667. The molecule has 1 aromatic carbocycles. The molecule has 0 atom stereocenters. The lowest BCUT2D eigenvalue weighted by Crippen LogP contribution is -2.12. The zero-order valence-electron chi connectivity index (χ0n) is 10.7. The van der Waals surface area contributed by atoms with Gasteiger partial charge in [0.25, 0.3) is 0 Å². The zero-order valence-corrected chi connectivity index (χ0v) is 11.5. The maximum atomic E-state index is 13.2. The van der Waals surface area contributed by atoms with E-state index in [2.05, 4.69) is 4.98 Å². The first kappa shape index (κ1) is 13.5. The molecule has 0 amide bonds. The minimum Gasteiger partial charge on any atom is -0.384 e. The predicted molar refractivity (Wildman–Crippen MR) is 75.3 cm³/mol. The van der Waals surface area contributed by atoms with Crippen LogP contribution in [0.5, 0.6) is 0 Å². The van der Waals surface area contributed by atoms with E-state index < -0.39 is 5.82 Å². The molecule has 19 heavy (non-hydrogen) atoms. The van der Waals surface area contributed by atoms with Crippen LogP contribution in [0.25, 0.3) is 0 Å². The van der Waals surface area contributed by atoms with E-state index in [-0.39, 0.29) is 5.84 Å². The van der Waals surface area contributed by atoms with Crippen molar-refractivity contribution in [1.82, 2.24) is 4.98 Å². The minimum absolute atomic E-state index is 0.147. The Morgan fingerprint density at radius 3 is 2.63 bits per heavy atom. The maximum absolute atomic E-state index is 13.2. The van der Waals surface area contributed by atoms with Crippen molar-refractivity contribution in [2.45, 2.75) is 23.8 Å². The van der Waals surface area contributed by atoms with E-state index >= 15 is 0 Å². The third kappa shape index (κ3) is 3.32. The second-order valence-corrected chi connectivity index (χ2v) is 5.34. The smallest absolute Gasteiger partial charge is 0.124 e. The van der Waals surface area contributed by atoms with Crippen molar-refractivity contribution in [1.29, 1.82) is 5.41 Å². The van der Waals surface area contributed by atoms with E-state index in [0.29, 0.717) is 5.56 Å². The summed E-state index contributed by atoms with van der Waals surface area (Å²) in [6.07, 6.45) is 0. The molecule has 0 aliphatic carbocycles. The van der Waals surface area contributed by atoms with Crippen molar-refractivity contribution in [3.8, 4) is 0 Å². The Morgan fingerprint density at radius 2 is 2.00 bits per heavy atom. The van der Waals surface area contributed by atoms with Gasteiger partial charge in [0.2, 0.25) is 0 Å². The van der Waals surface area contributed by atoms with Gasteiger partial charge in [-0.05, 0) is 49.7 Å². The fourth-order valence-electron chi connectivity index (χ4n) is 1.77. The molecule has 0 fully saturated rings. The van der Waals surface area contributed by atoms with E-state index in [0.717, 1.165) is 21.2 Å². The van der Waals surface area contributed by atoms with E-state index in [9.17, 15) is 4.39 Å². The molecule has 0 bridgehead atoms. The monoisotopic (exact) mass is 275 g/mol. The van der Waals surface area contributed by atoms with Gasteiger partial charge in [0.15, 0.2) is 0 Å². The Morgan fingerprint density at radius 1 is 1.26 bits per heavy atom. The first-order chi connectivity index (χ1) is 8.95. The Labute approximate surface area is 115 Å². The van der Waals surface area contributed by atoms with E-state index in [4.69, 9.17) is 11.1 Å². The van der Waals surface area contributed by atoms with Crippen LogP contribution in [0.2, 0.25) is 0 Å². The second kappa shape index (κ2) is 5.40. The summed E-state index contributed by atoms with van der Waals surface area (Å²) in [5, 5.41) is 8.31. The molecule has 5 heteroatoms. The number of nitrogens with zero attached hydrogens (tertiary/aromatic N) is 1. The van der Waals surface area contributed by atoms with Crippen molar-refractivity contribution in [3.05, 3.63) is 53.0 Å². The molecule has 3 nitrogen and oxygen atoms in total.